The first-order valence-electron chi connectivity index (χ1n) is 13.6. The van der Waals surface area contributed by atoms with Crippen LogP contribution in [0.3, 0.4) is 0 Å². The second kappa shape index (κ2) is 10.2. The molecular formula is C29H39FN8O2. The predicted molar refractivity (Wildman–Crippen MR) is 156 cm³/mol. The maximum atomic E-state index is 16.3. The number of anilines is 3. The number of fused-ring (bicyclic) bond motifs is 3. The summed E-state index contributed by atoms with van der Waals surface area (Å²) in [7, 11) is 4.13. The molecule has 11 heteroatoms. The molecule has 0 fully saturated rings. The molecule has 1 aromatic heterocycles. The normalized spacial score (nSPS) is 21.5. The molecule has 5 rings (SSSR count). The van der Waals surface area contributed by atoms with Crippen LogP contribution in [0.1, 0.15) is 46.6 Å². The highest BCUT2D eigenvalue weighted by Crippen LogP contribution is 2.53. The third-order valence-electron chi connectivity index (χ3n) is 7.40. The van der Waals surface area contributed by atoms with Gasteiger partial charge in [0.05, 0.1) is 28.8 Å². The lowest BCUT2D eigenvalue weighted by molar-refractivity contribution is -0.0570. The van der Waals surface area contributed by atoms with Crippen LogP contribution >= 0.6 is 0 Å². The van der Waals surface area contributed by atoms with E-state index in [0.717, 1.165) is 36.4 Å². The van der Waals surface area contributed by atoms with Crippen molar-refractivity contribution in [3.8, 4) is 0 Å². The fourth-order valence-corrected chi connectivity index (χ4v) is 5.15. The van der Waals surface area contributed by atoms with E-state index in [1.807, 2.05) is 39.0 Å². The molecule has 10 nitrogen and oxygen atoms in total. The third kappa shape index (κ3) is 5.13. The maximum absolute atomic E-state index is 16.3. The fourth-order valence-electron chi connectivity index (χ4n) is 5.15. The molecule has 0 saturated heterocycles. The Morgan fingerprint density at radius 1 is 1.23 bits per heavy atom. The van der Waals surface area contributed by atoms with Gasteiger partial charge in [0.2, 0.25) is 0 Å². The van der Waals surface area contributed by atoms with Gasteiger partial charge in [0.1, 0.15) is 11.8 Å². The van der Waals surface area contributed by atoms with Crippen LogP contribution in [-0.2, 0) is 10.3 Å². The molecular weight excluding hydrogens is 511 g/mol. The Hall–Kier alpha value is -3.99. The Bertz CT molecular complexity index is 1420. The molecule has 40 heavy (non-hydrogen) atoms. The van der Waals surface area contributed by atoms with Crippen molar-refractivity contribution in [2.75, 3.05) is 43.2 Å². The van der Waals surface area contributed by atoms with Crippen LogP contribution in [0.2, 0.25) is 0 Å². The van der Waals surface area contributed by atoms with E-state index in [1.165, 1.54) is 0 Å². The quantitative estimate of drug-likeness (QED) is 0.302. The number of alkyl halides is 1. The van der Waals surface area contributed by atoms with Crippen molar-refractivity contribution >= 4 is 29.2 Å². The van der Waals surface area contributed by atoms with Gasteiger partial charge in [-0.2, -0.15) is 9.49 Å². The molecule has 0 spiro atoms. The number of hydrazine groups is 1. The number of amides is 2. The molecule has 2 unspecified atom stereocenters. The summed E-state index contributed by atoms with van der Waals surface area (Å²) in [6, 6.07) is 4.64. The van der Waals surface area contributed by atoms with Crippen molar-refractivity contribution in [3.63, 3.8) is 0 Å². The fraction of sp³-hybridized carbons (Fsp3) is 0.448. The van der Waals surface area contributed by atoms with Gasteiger partial charge >= 0.3 is 6.03 Å². The summed E-state index contributed by atoms with van der Waals surface area (Å²) < 4.78 is 23.9. The molecule has 214 valence electrons. The first kappa shape index (κ1) is 27.6. The summed E-state index contributed by atoms with van der Waals surface area (Å²) in [5.41, 5.74) is 12.1. The van der Waals surface area contributed by atoms with Crippen molar-refractivity contribution in [1.82, 2.24) is 25.4 Å². The van der Waals surface area contributed by atoms with Crippen LogP contribution in [0.25, 0.3) is 6.08 Å². The van der Waals surface area contributed by atoms with Crippen LogP contribution < -0.4 is 26.8 Å². The third-order valence-corrected chi connectivity index (χ3v) is 7.40. The molecule has 5 N–H and O–H groups in total. The topological polar surface area (TPSA) is 108 Å². The number of aromatic nitrogens is 2. The van der Waals surface area contributed by atoms with Crippen molar-refractivity contribution in [3.05, 3.63) is 64.3 Å². The second-order valence-corrected chi connectivity index (χ2v) is 11.8. The smallest absolute Gasteiger partial charge is 0.320 e. The van der Waals surface area contributed by atoms with Gasteiger partial charge in [-0.3, -0.25) is 4.68 Å². The SMILES string of the molecule is CC1=C2OC(F)(C(C)=C2C2=Cc3ccc(NCCCN(C)C)cc3NN2)C1NC(=O)Nc1cnn(C(C)(C)C)c1. The number of halogens is 1. The Kier molecular flexibility index (Phi) is 7.03. The van der Waals surface area contributed by atoms with Crippen LogP contribution in [0.15, 0.2) is 58.8 Å². The number of nitrogens with one attached hydrogen (secondary N) is 5. The van der Waals surface area contributed by atoms with E-state index in [4.69, 9.17) is 4.74 Å². The zero-order valence-corrected chi connectivity index (χ0v) is 24.2. The van der Waals surface area contributed by atoms with Gasteiger partial charge in [-0.15, -0.1) is 0 Å². The Balaban J connectivity index is 1.28. The maximum Gasteiger partial charge on any atom is 0.320 e. The summed E-state index contributed by atoms with van der Waals surface area (Å²) >= 11 is 0. The molecule has 3 aliphatic heterocycles. The average Bonchev–Trinajstić information content (AvgIpc) is 3.53. The average molecular weight is 551 g/mol. The number of benzene rings is 1. The van der Waals surface area contributed by atoms with Crippen LogP contribution in [0, 0.1) is 0 Å². The van der Waals surface area contributed by atoms with Gasteiger partial charge in [0.25, 0.3) is 5.85 Å². The molecule has 2 bridgehead atoms. The monoisotopic (exact) mass is 550 g/mol. The number of hydrogen-bond acceptors (Lipinski definition) is 7. The van der Waals surface area contributed by atoms with Crippen LogP contribution in [0.4, 0.5) is 26.2 Å². The van der Waals surface area contributed by atoms with Gasteiger partial charge in [0.15, 0.2) is 0 Å². The molecule has 1 aromatic carbocycles. The minimum Gasteiger partial charge on any atom is -0.451 e. The van der Waals surface area contributed by atoms with E-state index in [0.29, 0.717) is 33.9 Å². The molecule has 3 aliphatic rings. The number of carbonyl (C=O) groups excluding carboxylic acids is 1. The van der Waals surface area contributed by atoms with Gasteiger partial charge in [-0.05, 0) is 85.5 Å². The molecule has 2 aromatic rings. The van der Waals surface area contributed by atoms with Crippen LogP contribution in [-0.4, -0.2) is 59.8 Å². The van der Waals surface area contributed by atoms with E-state index < -0.39 is 17.9 Å². The Morgan fingerprint density at radius 3 is 2.70 bits per heavy atom. The Labute approximate surface area is 234 Å². The van der Waals surface area contributed by atoms with Crippen molar-refractivity contribution in [2.24, 2.45) is 0 Å². The Morgan fingerprint density at radius 2 is 2.00 bits per heavy atom. The molecule has 0 aliphatic carbocycles. The summed E-state index contributed by atoms with van der Waals surface area (Å²) in [5.74, 6) is -1.74. The summed E-state index contributed by atoms with van der Waals surface area (Å²) in [6.45, 7) is 11.4. The van der Waals surface area contributed by atoms with Crippen molar-refractivity contribution in [1.29, 1.82) is 0 Å². The second-order valence-electron chi connectivity index (χ2n) is 11.8. The number of carbonyl (C=O) groups is 1. The molecule has 0 radical (unpaired) electrons. The lowest BCUT2D eigenvalue weighted by Gasteiger charge is -2.29. The molecule has 2 atom stereocenters. The number of rotatable bonds is 8. The van der Waals surface area contributed by atoms with E-state index in [2.05, 4.69) is 57.0 Å². The first-order chi connectivity index (χ1) is 18.9. The minimum atomic E-state index is -2.18. The predicted octanol–water partition coefficient (Wildman–Crippen LogP) is 4.76. The van der Waals surface area contributed by atoms with E-state index in [-0.39, 0.29) is 5.54 Å². The van der Waals surface area contributed by atoms with E-state index in [1.54, 1.807) is 30.9 Å². The molecule has 0 saturated carbocycles. The van der Waals surface area contributed by atoms with Crippen LogP contribution in [0.5, 0.6) is 0 Å². The highest BCUT2D eigenvalue weighted by molar-refractivity contribution is 5.90. The summed E-state index contributed by atoms with van der Waals surface area (Å²) in [4.78, 5) is 15.0. The largest absolute Gasteiger partial charge is 0.451 e. The lowest BCUT2D eigenvalue weighted by atomic mass is 9.86. The summed E-state index contributed by atoms with van der Waals surface area (Å²) in [6.07, 6.45) is 6.34. The van der Waals surface area contributed by atoms with Gasteiger partial charge in [0, 0.05) is 35.1 Å². The number of urea groups is 1. The zero-order valence-electron chi connectivity index (χ0n) is 24.2. The minimum absolute atomic E-state index is 0.223. The first-order valence-corrected chi connectivity index (χ1v) is 13.6. The number of hydrogen-bond donors (Lipinski definition) is 5. The van der Waals surface area contributed by atoms with Crippen molar-refractivity contribution < 1.29 is 13.9 Å². The standard InChI is InChI=1S/C29H39FN8O2/c1-17-25-24(23-13-19-9-10-20(14-22(19)35-36-23)31-11-8-12-37(6)7)18(2)29(30,40-25)26(17)34-27(39)33-21-15-32-38(16-21)28(3,4)5/h9-10,13-16,26,31,35-36H,8,11-12H2,1-7H3,(H2,33,34,39). The number of ether oxygens (including phenoxy) is 1. The van der Waals surface area contributed by atoms with Gasteiger partial charge in [-0.25, -0.2) is 4.79 Å². The van der Waals surface area contributed by atoms with Crippen molar-refractivity contribution in [2.45, 2.75) is 58.5 Å². The molecule has 2 amide bonds. The van der Waals surface area contributed by atoms with E-state index in [9.17, 15) is 4.79 Å². The van der Waals surface area contributed by atoms with Gasteiger partial charge < -0.3 is 36.4 Å². The highest BCUT2D eigenvalue weighted by atomic mass is 19.2. The van der Waals surface area contributed by atoms with Gasteiger partial charge in [-0.1, -0.05) is 6.07 Å². The zero-order chi connectivity index (χ0) is 28.8. The highest BCUT2D eigenvalue weighted by Gasteiger charge is 2.58. The van der Waals surface area contributed by atoms with E-state index >= 15 is 4.39 Å². The molecule has 4 heterocycles. The summed E-state index contributed by atoms with van der Waals surface area (Å²) in [5, 5.41) is 13.2. The lowest BCUT2D eigenvalue weighted by Crippen LogP contribution is -2.51. The number of nitrogens with zero attached hydrogens (tertiary/aromatic N) is 3.